The molecule has 2 aromatic carbocycles. The molecule has 4 nitrogen and oxygen atoms in total. The number of nitrogens with zero attached hydrogens (tertiary/aromatic N) is 1. The lowest BCUT2D eigenvalue weighted by Crippen LogP contribution is -2.03. The van der Waals surface area contributed by atoms with Crippen LogP contribution in [0.5, 0.6) is 11.5 Å². The van der Waals surface area contributed by atoms with Gasteiger partial charge in [-0.05, 0) is 47.9 Å². The van der Waals surface area contributed by atoms with Gasteiger partial charge in [0.15, 0.2) is 5.78 Å². The van der Waals surface area contributed by atoms with E-state index in [-0.39, 0.29) is 23.5 Å². The zero-order valence-electron chi connectivity index (χ0n) is 12.8. The van der Waals surface area contributed by atoms with E-state index in [1.54, 1.807) is 19.2 Å². The van der Waals surface area contributed by atoms with E-state index in [1.165, 1.54) is 18.2 Å². The van der Waals surface area contributed by atoms with Gasteiger partial charge in [0.1, 0.15) is 17.6 Å². The van der Waals surface area contributed by atoms with Gasteiger partial charge in [0.2, 0.25) is 0 Å². The Morgan fingerprint density at radius 3 is 2.61 bits per heavy atom. The van der Waals surface area contributed by atoms with E-state index in [9.17, 15) is 15.2 Å². The van der Waals surface area contributed by atoms with Crippen LogP contribution in [0, 0.1) is 11.3 Å². The van der Waals surface area contributed by atoms with Crippen LogP contribution in [0.15, 0.2) is 54.1 Å². The van der Waals surface area contributed by atoms with Crippen LogP contribution in [0.1, 0.15) is 17.5 Å². The number of aryl methyl sites for hydroxylation is 1. The molecule has 0 aliphatic rings. The van der Waals surface area contributed by atoms with E-state index < -0.39 is 0 Å². The van der Waals surface area contributed by atoms with Crippen molar-refractivity contribution < 1.29 is 14.6 Å². The quantitative estimate of drug-likeness (QED) is 0.655. The summed E-state index contributed by atoms with van der Waals surface area (Å²) in [6, 6.07) is 15.9. The number of Topliss-reactive ketones (excluding diaryl/α,β-unsaturated/α-hetero) is 1. The van der Waals surface area contributed by atoms with Crippen LogP contribution < -0.4 is 4.74 Å². The number of ether oxygens (including phenoxy) is 1. The third kappa shape index (κ3) is 4.72. The Morgan fingerprint density at radius 1 is 1.26 bits per heavy atom. The largest absolute Gasteiger partial charge is 0.508 e. The summed E-state index contributed by atoms with van der Waals surface area (Å²) in [6.45, 7) is 0. The molecule has 0 aliphatic heterocycles. The Morgan fingerprint density at radius 2 is 2.00 bits per heavy atom. The molecule has 23 heavy (non-hydrogen) atoms. The molecule has 0 amide bonds. The molecule has 4 heteroatoms. The number of hydrogen-bond donors (Lipinski definition) is 1. The molecule has 2 rings (SSSR count). The lowest BCUT2D eigenvalue weighted by atomic mass is 10.0. The average molecular weight is 307 g/mol. The van der Waals surface area contributed by atoms with E-state index in [0.717, 1.165) is 11.3 Å². The fourth-order valence-corrected chi connectivity index (χ4v) is 2.14. The topological polar surface area (TPSA) is 70.3 Å². The molecule has 0 unspecified atom stereocenters. The Hall–Kier alpha value is -3.06. The van der Waals surface area contributed by atoms with Crippen LogP contribution in [-0.2, 0) is 11.2 Å². The standard InChI is InChI=1S/C19H17NO3/c1-23-18-8-5-14(6-9-18)7-10-19(22)16(13-20)11-15-3-2-4-17(21)12-15/h2-6,8-9,11-12,21H,7,10H2,1H3. The third-order valence-corrected chi connectivity index (χ3v) is 3.40. The van der Waals surface area contributed by atoms with Crippen LogP contribution in [0.3, 0.4) is 0 Å². The van der Waals surface area contributed by atoms with Crippen LogP contribution in [0.2, 0.25) is 0 Å². The zero-order chi connectivity index (χ0) is 16.7. The highest BCUT2D eigenvalue weighted by Crippen LogP contribution is 2.16. The maximum atomic E-state index is 12.2. The summed E-state index contributed by atoms with van der Waals surface area (Å²) < 4.78 is 5.09. The minimum Gasteiger partial charge on any atom is -0.508 e. The highest BCUT2D eigenvalue weighted by atomic mass is 16.5. The summed E-state index contributed by atoms with van der Waals surface area (Å²) in [5.41, 5.74) is 1.72. The van der Waals surface area contributed by atoms with E-state index in [0.29, 0.717) is 12.0 Å². The number of aromatic hydroxyl groups is 1. The lowest BCUT2D eigenvalue weighted by Gasteiger charge is -2.03. The predicted molar refractivity (Wildman–Crippen MR) is 88.0 cm³/mol. The minimum absolute atomic E-state index is 0.0871. The van der Waals surface area contributed by atoms with E-state index in [1.807, 2.05) is 30.3 Å². The molecule has 0 spiro atoms. The third-order valence-electron chi connectivity index (χ3n) is 3.40. The van der Waals surface area contributed by atoms with Gasteiger partial charge < -0.3 is 9.84 Å². The van der Waals surface area contributed by atoms with E-state index in [2.05, 4.69) is 0 Å². The Balaban J connectivity index is 2.04. The summed E-state index contributed by atoms with van der Waals surface area (Å²) in [7, 11) is 1.60. The number of carbonyl (C=O) groups excluding carboxylic acids is 1. The first-order valence-electron chi connectivity index (χ1n) is 7.19. The van der Waals surface area contributed by atoms with Crippen molar-refractivity contribution in [1.29, 1.82) is 5.26 Å². The SMILES string of the molecule is COc1ccc(CCC(=O)C(C#N)=Cc2cccc(O)c2)cc1. The number of phenolic OH excluding ortho intramolecular Hbond substituents is 1. The predicted octanol–water partition coefficient (Wildman–Crippen LogP) is 3.51. The summed E-state index contributed by atoms with van der Waals surface area (Å²) in [4.78, 5) is 12.2. The highest BCUT2D eigenvalue weighted by Gasteiger charge is 2.09. The fraction of sp³-hybridized carbons (Fsp3) is 0.158. The number of allylic oxidation sites excluding steroid dienone is 1. The molecule has 0 fully saturated rings. The number of rotatable bonds is 6. The highest BCUT2D eigenvalue weighted by molar-refractivity contribution is 6.03. The first-order valence-corrected chi connectivity index (χ1v) is 7.19. The van der Waals surface area contributed by atoms with E-state index >= 15 is 0 Å². The van der Waals surface area contributed by atoms with Gasteiger partial charge in [-0.2, -0.15) is 5.26 Å². The summed E-state index contributed by atoms with van der Waals surface area (Å²) >= 11 is 0. The summed E-state index contributed by atoms with van der Waals surface area (Å²) in [6.07, 6.45) is 2.31. The number of ketones is 1. The molecule has 1 N–H and O–H groups in total. The Labute approximate surface area is 135 Å². The van der Waals surface area contributed by atoms with Gasteiger partial charge in [-0.3, -0.25) is 4.79 Å². The summed E-state index contributed by atoms with van der Waals surface area (Å²) in [5.74, 6) is 0.648. The summed E-state index contributed by atoms with van der Waals surface area (Å²) in [5, 5.41) is 18.6. The molecule has 0 aromatic heterocycles. The van der Waals surface area contributed by atoms with Gasteiger partial charge in [-0.25, -0.2) is 0 Å². The van der Waals surface area contributed by atoms with Gasteiger partial charge >= 0.3 is 0 Å². The molecule has 0 radical (unpaired) electrons. The second-order valence-corrected chi connectivity index (χ2v) is 5.04. The van der Waals surface area contributed by atoms with Crippen LogP contribution in [0.4, 0.5) is 0 Å². The van der Waals surface area contributed by atoms with Crippen molar-refractivity contribution in [2.24, 2.45) is 0 Å². The lowest BCUT2D eigenvalue weighted by molar-refractivity contribution is -0.115. The molecule has 0 heterocycles. The molecular formula is C19H17NO3. The Kier molecular flexibility index (Phi) is 5.54. The second kappa shape index (κ2) is 7.81. The smallest absolute Gasteiger partial charge is 0.173 e. The molecule has 116 valence electrons. The molecule has 0 aliphatic carbocycles. The first kappa shape index (κ1) is 16.3. The average Bonchev–Trinajstić information content (AvgIpc) is 2.58. The van der Waals surface area contributed by atoms with Crippen molar-refractivity contribution in [3.63, 3.8) is 0 Å². The van der Waals surface area contributed by atoms with Crippen molar-refractivity contribution in [3.8, 4) is 17.6 Å². The van der Waals surface area contributed by atoms with Crippen molar-refractivity contribution >= 4 is 11.9 Å². The monoisotopic (exact) mass is 307 g/mol. The molecule has 2 aromatic rings. The van der Waals surface area contributed by atoms with Crippen molar-refractivity contribution in [2.75, 3.05) is 7.11 Å². The molecule has 0 bridgehead atoms. The number of benzene rings is 2. The van der Waals surface area contributed by atoms with Gasteiger partial charge in [0.05, 0.1) is 12.7 Å². The van der Waals surface area contributed by atoms with Gasteiger partial charge in [0, 0.05) is 6.42 Å². The van der Waals surface area contributed by atoms with Crippen LogP contribution >= 0.6 is 0 Å². The zero-order valence-corrected chi connectivity index (χ0v) is 12.8. The van der Waals surface area contributed by atoms with Gasteiger partial charge in [0.25, 0.3) is 0 Å². The van der Waals surface area contributed by atoms with Gasteiger partial charge in [-0.1, -0.05) is 24.3 Å². The van der Waals surface area contributed by atoms with Gasteiger partial charge in [-0.15, -0.1) is 0 Å². The number of nitriles is 1. The molecule has 0 saturated heterocycles. The second-order valence-electron chi connectivity index (χ2n) is 5.04. The van der Waals surface area contributed by atoms with Crippen LogP contribution in [0.25, 0.3) is 6.08 Å². The van der Waals surface area contributed by atoms with E-state index in [4.69, 9.17) is 4.74 Å². The maximum absolute atomic E-state index is 12.2. The normalized spacial score (nSPS) is 10.9. The minimum atomic E-state index is -0.216. The van der Waals surface area contributed by atoms with Crippen LogP contribution in [-0.4, -0.2) is 18.0 Å². The maximum Gasteiger partial charge on any atom is 0.173 e. The fourth-order valence-electron chi connectivity index (χ4n) is 2.14. The number of methoxy groups -OCH3 is 1. The molecular weight excluding hydrogens is 290 g/mol. The first-order chi connectivity index (χ1) is 11.1. The van der Waals surface area contributed by atoms with Crippen molar-refractivity contribution in [1.82, 2.24) is 0 Å². The van der Waals surface area contributed by atoms with Crippen molar-refractivity contribution in [2.45, 2.75) is 12.8 Å². The van der Waals surface area contributed by atoms with Crippen molar-refractivity contribution in [3.05, 3.63) is 65.2 Å². The number of carbonyl (C=O) groups is 1. The number of hydrogen-bond acceptors (Lipinski definition) is 4. The molecule has 0 saturated carbocycles. The number of phenols is 1. The molecule has 0 atom stereocenters. The Bertz CT molecular complexity index is 755.